The molecule has 0 spiro atoms. The Kier molecular flexibility index (Phi) is 4.70. The van der Waals surface area contributed by atoms with Gasteiger partial charge in [0.15, 0.2) is 0 Å². The molecule has 2 rings (SSSR count). The van der Waals surface area contributed by atoms with Crippen molar-refractivity contribution in [2.45, 2.75) is 45.6 Å². The van der Waals surface area contributed by atoms with Crippen LogP contribution >= 0.6 is 22.6 Å². The Labute approximate surface area is 125 Å². The molecule has 1 aromatic carbocycles. The lowest BCUT2D eigenvalue weighted by Crippen LogP contribution is -2.40. The third-order valence-corrected chi connectivity index (χ3v) is 5.28. The predicted molar refractivity (Wildman–Crippen MR) is 86.8 cm³/mol. The predicted octanol–water partition coefficient (Wildman–Crippen LogP) is 4.25. The monoisotopic (exact) mass is 357 g/mol. The van der Waals surface area contributed by atoms with Crippen LogP contribution in [0.4, 0.5) is 0 Å². The van der Waals surface area contributed by atoms with E-state index in [2.05, 4.69) is 73.1 Å². The van der Waals surface area contributed by atoms with Gasteiger partial charge in [-0.3, -0.25) is 0 Å². The van der Waals surface area contributed by atoms with E-state index >= 15 is 0 Å². The van der Waals surface area contributed by atoms with Crippen LogP contribution in [0.15, 0.2) is 24.3 Å². The van der Waals surface area contributed by atoms with Crippen molar-refractivity contribution in [3.8, 4) is 0 Å². The molecular formula is C16H24IN. The van der Waals surface area contributed by atoms with E-state index in [1.807, 2.05) is 0 Å². The van der Waals surface area contributed by atoms with Gasteiger partial charge < -0.3 is 5.32 Å². The number of benzene rings is 1. The van der Waals surface area contributed by atoms with E-state index < -0.39 is 0 Å². The molecule has 1 aliphatic rings. The van der Waals surface area contributed by atoms with Gasteiger partial charge in [-0.25, -0.2) is 0 Å². The minimum absolute atomic E-state index is 0.497. The maximum absolute atomic E-state index is 3.56. The first kappa shape index (κ1) is 14.3. The zero-order chi connectivity index (χ0) is 13.2. The van der Waals surface area contributed by atoms with E-state index in [0.29, 0.717) is 11.5 Å². The molecule has 1 fully saturated rings. The number of likely N-dealkylation sites (N-methyl/N-ethyl adjacent to an activating group) is 1. The van der Waals surface area contributed by atoms with Crippen molar-refractivity contribution < 1.29 is 0 Å². The maximum Gasteiger partial charge on any atom is 0.0138 e. The smallest absolute Gasteiger partial charge is 0.0138 e. The lowest BCUT2D eigenvalue weighted by Gasteiger charge is -2.34. The molecule has 2 unspecified atom stereocenters. The topological polar surface area (TPSA) is 12.0 Å². The normalized spacial score (nSPS) is 24.1. The van der Waals surface area contributed by atoms with Crippen LogP contribution in [0.3, 0.4) is 0 Å². The molecule has 100 valence electrons. The van der Waals surface area contributed by atoms with Crippen LogP contribution in [-0.2, 0) is 6.42 Å². The molecule has 1 nitrogen and oxygen atoms in total. The quantitative estimate of drug-likeness (QED) is 0.795. The minimum Gasteiger partial charge on any atom is -0.316 e. The van der Waals surface area contributed by atoms with Crippen LogP contribution in [0.25, 0.3) is 0 Å². The van der Waals surface area contributed by atoms with Gasteiger partial charge in [0.25, 0.3) is 0 Å². The Morgan fingerprint density at radius 1 is 1.33 bits per heavy atom. The summed E-state index contributed by atoms with van der Waals surface area (Å²) in [4.78, 5) is 0. The van der Waals surface area contributed by atoms with E-state index in [4.69, 9.17) is 0 Å². The van der Waals surface area contributed by atoms with Crippen molar-refractivity contribution in [2.24, 2.45) is 11.3 Å². The van der Waals surface area contributed by atoms with Gasteiger partial charge in [-0.05, 0) is 77.9 Å². The molecular weight excluding hydrogens is 333 g/mol. The van der Waals surface area contributed by atoms with E-state index in [0.717, 1.165) is 12.3 Å². The van der Waals surface area contributed by atoms with Gasteiger partial charge >= 0.3 is 0 Å². The second kappa shape index (κ2) is 5.91. The fourth-order valence-corrected chi connectivity index (χ4v) is 3.78. The maximum atomic E-state index is 3.56. The van der Waals surface area contributed by atoms with Gasteiger partial charge in [-0.15, -0.1) is 0 Å². The van der Waals surface area contributed by atoms with Crippen molar-refractivity contribution >= 4 is 22.6 Å². The lowest BCUT2D eigenvalue weighted by atomic mass is 9.76. The van der Waals surface area contributed by atoms with Gasteiger partial charge in [-0.2, -0.15) is 0 Å². The molecule has 1 N–H and O–H groups in total. The van der Waals surface area contributed by atoms with Gasteiger partial charge in [0.05, 0.1) is 0 Å². The van der Waals surface area contributed by atoms with Crippen molar-refractivity contribution in [3.63, 3.8) is 0 Å². The molecule has 0 aromatic heterocycles. The first-order chi connectivity index (χ1) is 8.53. The van der Waals surface area contributed by atoms with Gasteiger partial charge in [0, 0.05) is 9.61 Å². The summed E-state index contributed by atoms with van der Waals surface area (Å²) >= 11 is 2.37. The summed E-state index contributed by atoms with van der Waals surface area (Å²) in [7, 11) is 2.12. The molecule has 0 radical (unpaired) electrons. The highest BCUT2D eigenvalue weighted by atomic mass is 127. The highest BCUT2D eigenvalue weighted by Gasteiger charge is 2.38. The summed E-state index contributed by atoms with van der Waals surface area (Å²) in [5, 5.41) is 3.56. The molecule has 0 aliphatic heterocycles. The van der Waals surface area contributed by atoms with Crippen LogP contribution in [-0.4, -0.2) is 13.1 Å². The third kappa shape index (κ3) is 3.27. The van der Waals surface area contributed by atoms with Crippen LogP contribution in [0.1, 0.15) is 38.7 Å². The average Bonchev–Trinajstić information content (AvgIpc) is 2.68. The first-order valence-corrected chi connectivity index (χ1v) is 8.02. The zero-order valence-electron chi connectivity index (χ0n) is 11.7. The second-order valence-electron chi connectivity index (χ2n) is 6.21. The fraction of sp³-hybridized carbons (Fsp3) is 0.625. The summed E-state index contributed by atoms with van der Waals surface area (Å²) < 4.78 is 1.32. The van der Waals surface area contributed by atoms with E-state index in [9.17, 15) is 0 Å². The summed E-state index contributed by atoms with van der Waals surface area (Å²) in [6.07, 6.45) is 5.30. The van der Waals surface area contributed by atoms with Crippen molar-refractivity contribution in [2.75, 3.05) is 7.05 Å². The molecule has 0 heterocycles. The lowest BCUT2D eigenvalue weighted by molar-refractivity contribution is 0.201. The Morgan fingerprint density at radius 3 is 2.50 bits per heavy atom. The van der Waals surface area contributed by atoms with Crippen molar-refractivity contribution in [1.29, 1.82) is 0 Å². The summed E-state index contributed by atoms with van der Waals surface area (Å²) in [6.45, 7) is 4.87. The highest BCUT2D eigenvalue weighted by Crippen LogP contribution is 2.44. The summed E-state index contributed by atoms with van der Waals surface area (Å²) in [6, 6.07) is 9.58. The van der Waals surface area contributed by atoms with Crippen molar-refractivity contribution in [1.82, 2.24) is 5.32 Å². The molecule has 1 aliphatic carbocycles. The largest absolute Gasteiger partial charge is 0.316 e. The molecule has 0 bridgehead atoms. The Bertz CT molecular complexity index is 383. The van der Waals surface area contributed by atoms with E-state index in [-0.39, 0.29) is 0 Å². The zero-order valence-corrected chi connectivity index (χ0v) is 13.8. The van der Waals surface area contributed by atoms with Gasteiger partial charge in [0.2, 0.25) is 0 Å². The summed E-state index contributed by atoms with van der Waals surface area (Å²) in [5.41, 5.74) is 1.95. The van der Waals surface area contributed by atoms with Crippen LogP contribution in [0, 0.1) is 14.9 Å². The highest BCUT2D eigenvalue weighted by molar-refractivity contribution is 14.1. The number of halogens is 1. The molecule has 0 amide bonds. The molecule has 2 atom stereocenters. The number of nitrogens with one attached hydrogen (secondary N) is 1. The molecule has 1 saturated carbocycles. The molecule has 0 saturated heterocycles. The van der Waals surface area contributed by atoms with Crippen LogP contribution < -0.4 is 5.32 Å². The van der Waals surface area contributed by atoms with E-state index in [1.165, 1.54) is 28.4 Å². The second-order valence-corrected chi connectivity index (χ2v) is 7.46. The average molecular weight is 357 g/mol. The molecule has 1 aromatic rings. The third-order valence-electron chi connectivity index (χ3n) is 4.57. The van der Waals surface area contributed by atoms with Gasteiger partial charge in [0.1, 0.15) is 0 Å². The standard InChI is InChI=1S/C16H24IN/c1-16(2)10-4-5-14(16)15(18-3)11-12-6-8-13(17)9-7-12/h6-9,14-15,18H,4-5,10-11H2,1-3H3. The Morgan fingerprint density at radius 2 is 2.00 bits per heavy atom. The Balaban J connectivity index is 2.07. The molecule has 18 heavy (non-hydrogen) atoms. The van der Waals surface area contributed by atoms with Crippen molar-refractivity contribution in [3.05, 3.63) is 33.4 Å². The van der Waals surface area contributed by atoms with Gasteiger partial charge in [-0.1, -0.05) is 32.4 Å². The SMILES string of the molecule is CNC(Cc1ccc(I)cc1)C1CCCC1(C)C. The minimum atomic E-state index is 0.497. The molecule has 2 heteroatoms. The number of hydrogen-bond acceptors (Lipinski definition) is 1. The van der Waals surface area contributed by atoms with Crippen LogP contribution in [0.5, 0.6) is 0 Å². The first-order valence-electron chi connectivity index (χ1n) is 6.94. The Hall–Kier alpha value is -0.0900. The van der Waals surface area contributed by atoms with E-state index in [1.54, 1.807) is 0 Å². The number of rotatable bonds is 4. The van der Waals surface area contributed by atoms with Crippen LogP contribution in [0.2, 0.25) is 0 Å². The summed E-state index contributed by atoms with van der Waals surface area (Å²) in [5.74, 6) is 0.807. The fourth-order valence-electron chi connectivity index (χ4n) is 3.42. The number of hydrogen-bond donors (Lipinski definition) is 1.